The van der Waals surface area contributed by atoms with Crippen molar-refractivity contribution < 1.29 is 18.8 Å². The fourth-order valence-electron chi connectivity index (χ4n) is 4.48. The average molecular weight is 389 g/mol. The van der Waals surface area contributed by atoms with Crippen molar-refractivity contribution in [2.45, 2.75) is 12.1 Å². The molecule has 5 rings (SSSR count). The third-order valence-electron chi connectivity index (χ3n) is 5.71. The molecule has 29 heavy (non-hydrogen) atoms. The van der Waals surface area contributed by atoms with E-state index in [2.05, 4.69) is 5.10 Å². The number of carbonyl (C=O) groups is 3. The SMILES string of the molecule is O=C(c1ccccc1)C1C2C(=O)N(c3ccccc3F)C(=O)C2C2C=CC=NN21. The molecule has 0 spiro atoms. The van der Waals surface area contributed by atoms with E-state index in [1.807, 2.05) is 0 Å². The molecule has 3 aliphatic rings. The second kappa shape index (κ2) is 6.48. The average Bonchev–Trinajstić information content (AvgIpc) is 3.22. The summed E-state index contributed by atoms with van der Waals surface area (Å²) in [5.41, 5.74) is 0.351. The number of anilines is 1. The molecule has 0 aromatic heterocycles. The predicted octanol–water partition coefficient (Wildman–Crippen LogP) is 2.42. The van der Waals surface area contributed by atoms with E-state index in [1.165, 1.54) is 24.4 Å². The minimum Gasteiger partial charge on any atom is -0.292 e. The number of allylic oxidation sites excluding steroid dienone is 1. The maximum absolute atomic E-state index is 14.4. The van der Waals surface area contributed by atoms with Gasteiger partial charge >= 0.3 is 0 Å². The van der Waals surface area contributed by atoms with Gasteiger partial charge in [-0.3, -0.25) is 19.4 Å². The molecular weight excluding hydrogens is 373 g/mol. The van der Waals surface area contributed by atoms with Crippen molar-refractivity contribution in [1.82, 2.24) is 5.01 Å². The largest absolute Gasteiger partial charge is 0.292 e. The van der Waals surface area contributed by atoms with Crippen LogP contribution in [0.15, 0.2) is 71.9 Å². The van der Waals surface area contributed by atoms with Crippen LogP contribution in [0.5, 0.6) is 0 Å². The summed E-state index contributed by atoms with van der Waals surface area (Å²) in [7, 11) is 0. The Morgan fingerprint density at radius 1 is 0.931 bits per heavy atom. The van der Waals surface area contributed by atoms with Gasteiger partial charge in [0.05, 0.1) is 23.6 Å². The molecule has 3 aliphatic heterocycles. The number of halogens is 1. The second-order valence-electron chi connectivity index (χ2n) is 7.21. The molecule has 2 aromatic carbocycles. The highest BCUT2D eigenvalue weighted by Crippen LogP contribution is 2.46. The van der Waals surface area contributed by atoms with Gasteiger partial charge in [-0.25, -0.2) is 9.29 Å². The van der Waals surface area contributed by atoms with E-state index in [0.717, 1.165) is 4.90 Å². The topological polar surface area (TPSA) is 70.0 Å². The molecule has 0 aliphatic carbocycles. The van der Waals surface area contributed by atoms with Crippen molar-refractivity contribution in [2.75, 3.05) is 4.90 Å². The van der Waals surface area contributed by atoms with Gasteiger partial charge in [0.25, 0.3) is 0 Å². The molecule has 0 bridgehead atoms. The number of hydrogen-bond donors (Lipinski definition) is 0. The van der Waals surface area contributed by atoms with Crippen LogP contribution in [0.25, 0.3) is 0 Å². The number of benzene rings is 2. The quantitative estimate of drug-likeness (QED) is 0.597. The number of carbonyl (C=O) groups excluding carboxylic acids is 3. The number of para-hydroxylation sites is 1. The first kappa shape index (κ1) is 17.5. The Bertz CT molecular complexity index is 1080. The van der Waals surface area contributed by atoms with E-state index in [9.17, 15) is 18.8 Å². The van der Waals surface area contributed by atoms with Crippen LogP contribution in [-0.4, -0.2) is 40.9 Å². The Labute approximate surface area is 165 Å². The summed E-state index contributed by atoms with van der Waals surface area (Å²) in [6.07, 6.45) is 4.99. The number of hydrazone groups is 1. The summed E-state index contributed by atoms with van der Waals surface area (Å²) in [6, 6.07) is 12.8. The van der Waals surface area contributed by atoms with Crippen molar-refractivity contribution in [2.24, 2.45) is 16.9 Å². The fourth-order valence-corrected chi connectivity index (χ4v) is 4.48. The van der Waals surface area contributed by atoms with Gasteiger partial charge in [0.15, 0.2) is 5.78 Å². The lowest BCUT2D eigenvalue weighted by molar-refractivity contribution is -0.123. The highest BCUT2D eigenvalue weighted by atomic mass is 19.1. The number of nitrogens with zero attached hydrogens (tertiary/aromatic N) is 3. The van der Waals surface area contributed by atoms with E-state index < -0.39 is 41.6 Å². The van der Waals surface area contributed by atoms with Gasteiger partial charge in [-0.15, -0.1) is 0 Å². The van der Waals surface area contributed by atoms with E-state index in [-0.39, 0.29) is 11.5 Å². The zero-order valence-electron chi connectivity index (χ0n) is 15.2. The molecule has 4 unspecified atom stereocenters. The monoisotopic (exact) mass is 389 g/mol. The molecule has 0 radical (unpaired) electrons. The van der Waals surface area contributed by atoms with Crippen molar-refractivity contribution in [3.05, 3.63) is 78.1 Å². The maximum atomic E-state index is 14.4. The Kier molecular flexibility index (Phi) is 3.91. The molecule has 2 aromatic rings. The van der Waals surface area contributed by atoms with Crippen LogP contribution in [0.1, 0.15) is 10.4 Å². The van der Waals surface area contributed by atoms with Gasteiger partial charge in [-0.05, 0) is 18.2 Å². The van der Waals surface area contributed by atoms with E-state index in [1.54, 1.807) is 53.6 Å². The summed E-state index contributed by atoms with van der Waals surface area (Å²) in [6.45, 7) is 0. The summed E-state index contributed by atoms with van der Waals surface area (Å²) >= 11 is 0. The molecule has 0 saturated carbocycles. The molecule has 2 fully saturated rings. The van der Waals surface area contributed by atoms with E-state index >= 15 is 0 Å². The number of amides is 2. The molecule has 0 N–H and O–H groups in total. The van der Waals surface area contributed by atoms with Gasteiger partial charge in [-0.2, -0.15) is 5.10 Å². The number of hydrogen-bond acceptors (Lipinski definition) is 5. The molecule has 3 heterocycles. The van der Waals surface area contributed by atoms with Crippen LogP contribution in [0.4, 0.5) is 10.1 Å². The van der Waals surface area contributed by atoms with E-state index in [0.29, 0.717) is 5.56 Å². The summed E-state index contributed by atoms with van der Waals surface area (Å²) in [5.74, 6) is -3.75. The number of ketones is 1. The van der Waals surface area contributed by atoms with Gasteiger partial charge in [-0.1, -0.05) is 48.5 Å². The van der Waals surface area contributed by atoms with Gasteiger partial charge < -0.3 is 0 Å². The summed E-state index contributed by atoms with van der Waals surface area (Å²) < 4.78 is 14.4. The first-order chi connectivity index (χ1) is 14.1. The maximum Gasteiger partial charge on any atom is 0.240 e. The molecule has 6 nitrogen and oxygen atoms in total. The third-order valence-corrected chi connectivity index (χ3v) is 5.71. The Hall–Kier alpha value is -3.61. The van der Waals surface area contributed by atoms with Crippen molar-refractivity contribution >= 4 is 29.5 Å². The van der Waals surface area contributed by atoms with Crippen LogP contribution in [0, 0.1) is 17.7 Å². The highest BCUT2D eigenvalue weighted by Gasteiger charge is 2.64. The Morgan fingerprint density at radius 2 is 1.62 bits per heavy atom. The summed E-state index contributed by atoms with van der Waals surface area (Å²) in [4.78, 5) is 40.7. The Balaban J connectivity index is 1.61. The number of imide groups is 1. The minimum atomic E-state index is -0.931. The zero-order valence-corrected chi connectivity index (χ0v) is 15.2. The minimum absolute atomic E-state index is 0.0855. The van der Waals surface area contributed by atoms with Gasteiger partial charge in [0, 0.05) is 11.8 Å². The molecule has 2 saturated heterocycles. The van der Waals surface area contributed by atoms with Crippen LogP contribution >= 0.6 is 0 Å². The van der Waals surface area contributed by atoms with Gasteiger partial charge in [0.1, 0.15) is 11.9 Å². The first-order valence-corrected chi connectivity index (χ1v) is 9.30. The molecule has 7 heteroatoms. The highest BCUT2D eigenvalue weighted by molar-refractivity contribution is 6.24. The van der Waals surface area contributed by atoms with Crippen LogP contribution in [-0.2, 0) is 9.59 Å². The molecule has 144 valence electrons. The number of Topliss-reactive ketones (excluding diaryl/α,β-unsaturated/α-hetero) is 1. The Morgan fingerprint density at radius 3 is 2.38 bits per heavy atom. The fraction of sp³-hybridized carbons (Fsp3) is 0.182. The normalized spacial score (nSPS) is 27.3. The second-order valence-corrected chi connectivity index (χ2v) is 7.21. The number of rotatable bonds is 3. The van der Waals surface area contributed by atoms with Crippen LogP contribution < -0.4 is 4.90 Å². The number of fused-ring (bicyclic) bond motifs is 3. The van der Waals surface area contributed by atoms with Crippen molar-refractivity contribution in [3.8, 4) is 0 Å². The first-order valence-electron chi connectivity index (χ1n) is 9.30. The third kappa shape index (κ3) is 2.47. The smallest absolute Gasteiger partial charge is 0.240 e. The van der Waals surface area contributed by atoms with Crippen LogP contribution in [0.3, 0.4) is 0 Å². The summed E-state index contributed by atoms with van der Waals surface area (Å²) in [5, 5.41) is 5.83. The predicted molar refractivity (Wildman–Crippen MR) is 104 cm³/mol. The van der Waals surface area contributed by atoms with Crippen molar-refractivity contribution in [3.63, 3.8) is 0 Å². The van der Waals surface area contributed by atoms with E-state index in [4.69, 9.17) is 0 Å². The van der Waals surface area contributed by atoms with Crippen LogP contribution in [0.2, 0.25) is 0 Å². The molecule has 4 atom stereocenters. The zero-order chi connectivity index (χ0) is 20.1. The van der Waals surface area contributed by atoms with Crippen molar-refractivity contribution in [1.29, 1.82) is 0 Å². The molecular formula is C22H16FN3O3. The lowest BCUT2D eigenvalue weighted by Crippen LogP contribution is -2.46. The van der Waals surface area contributed by atoms with Gasteiger partial charge in [0.2, 0.25) is 11.8 Å². The molecule has 2 amide bonds. The lowest BCUT2D eigenvalue weighted by atomic mass is 9.86. The lowest BCUT2D eigenvalue weighted by Gasteiger charge is -2.30. The standard InChI is InChI=1S/C22H16FN3O3/c23-14-9-4-5-10-15(14)25-21(28)17-16-11-6-12-24-26(16)19(18(17)22(25)29)20(27)13-7-2-1-3-8-13/h1-12,16-19H.